The third kappa shape index (κ3) is 4.75. The molecule has 0 unspecified atom stereocenters. The SMILES string of the molecule is O=c1cccc2n1[C@H](c1ccc(Cl)cc1)[C@H](c1ccc(Cl)cc1)N2S(=O)(=O)c1ccccc1OC(F)(F)F. The molecule has 1 aliphatic rings. The minimum Gasteiger partial charge on any atom is -0.404 e. The van der Waals surface area contributed by atoms with E-state index in [1.165, 1.54) is 34.9 Å². The van der Waals surface area contributed by atoms with Gasteiger partial charge in [0.25, 0.3) is 15.6 Å². The van der Waals surface area contributed by atoms with Crippen molar-refractivity contribution in [3.63, 3.8) is 0 Å². The molecule has 0 amide bonds. The van der Waals surface area contributed by atoms with Crippen LogP contribution < -0.4 is 14.6 Å². The monoisotopic (exact) mass is 580 g/mol. The number of fused-ring (bicyclic) bond motifs is 1. The molecule has 6 nitrogen and oxygen atoms in total. The average Bonchev–Trinajstić information content (AvgIpc) is 3.21. The molecule has 0 aliphatic carbocycles. The second-order valence-electron chi connectivity index (χ2n) is 8.38. The Hall–Kier alpha value is -3.47. The van der Waals surface area contributed by atoms with Gasteiger partial charge in [-0.3, -0.25) is 9.36 Å². The third-order valence-corrected chi connectivity index (χ3v) is 8.39. The van der Waals surface area contributed by atoms with Crippen LogP contribution in [0.4, 0.5) is 19.0 Å². The Morgan fingerprint density at radius 3 is 1.87 bits per heavy atom. The van der Waals surface area contributed by atoms with Crippen LogP contribution in [0, 0.1) is 0 Å². The Labute approximate surface area is 225 Å². The van der Waals surface area contributed by atoms with Gasteiger partial charge in [-0.05, 0) is 53.6 Å². The molecule has 0 fully saturated rings. The van der Waals surface area contributed by atoms with Gasteiger partial charge in [0, 0.05) is 16.1 Å². The standard InChI is InChI=1S/C26H17Cl2F3N2O4S/c27-18-12-8-16(9-13-18)24-25(17-10-14-19(28)15-11-17)33(22-6-3-7-23(34)32(22)24)38(35,36)21-5-2-1-4-20(21)37-26(29,30)31/h1-15,24-25H/t24-,25+/m1/s1. The van der Waals surface area contributed by atoms with Gasteiger partial charge in [0.15, 0.2) is 0 Å². The number of hydrogen-bond donors (Lipinski definition) is 0. The molecule has 0 saturated heterocycles. The van der Waals surface area contributed by atoms with Crippen molar-refractivity contribution in [1.82, 2.24) is 4.57 Å². The van der Waals surface area contributed by atoms with Gasteiger partial charge in [-0.25, -0.2) is 12.7 Å². The van der Waals surface area contributed by atoms with Crippen LogP contribution in [0.5, 0.6) is 5.75 Å². The zero-order valence-electron chi connectivity index (χ0n) is 19.1. The number of anilines is 1. The molecule has 196 valence electrons. The minimum atomic E-state index is -5.13. The number of para-hydroxylation sites is 1. The maximum atomic E-state index is 14.2. The maximum absolute atomic E-state index is 14.2. The van der Waals surface area contributed by atoms with E-state index in [9.17, 15) is 26.4 Å². The number of pyridine rings is 1. The lowest BCUT2D eigenvalue weighted by Crippen LogP contribution is -2.34. The molecule has 2 atom stereocenters. The summed E-state index contributed by atoms with van der Waals surface area (Å²) in [6, 6.07) is 19.5. The van der Waals surface area contributed by atoms with Crippen molar-refractivity contribution in [1.29, 1.82) is 0 Å². The summed E-state index contributed by atoms with van der Waals surface area (Å²) >= 11 is 12.2. The molecule has 0 N–H and O–H groups in total. The number of nitrogens with zero attached hydrogens (tertiary/aromatic N) is 2. The third-order valence-electron chi connectivity index (χ3n) is 6.06. The van der Waals surface area contributed by atoms with Crippen LogP contribution in [0.3, 0.4) is 0 Å². The second kappa shape index (κ2) is 9.68. The van der Waals surface area contributed by atoms with E-state index in [4.69, 9.17) is 23.2 Å². The highest BCUT2D eigenvalue weighted by Crippen LogP contribution is 2.50. The van der Waals surface area contributed by atoms with Gasteiger partial charge in [0.2, 0.25) is 0 Å². The molecule has 0 saturated carbocycles. The fraction of sp³-hybridized carbons (Fsp3) is 0.115. The summed E-state index contributed by atoms with van der Waals surface area (Å²) in [6.45, 7) is 0. The van der Waals surface area contributed by atoms with E-state index in [1.54, 1.807) is 48.5 Å². The first kappa shape index (κ1) is 26.1. The lowest BCUT2D eigenvalue weighted by Gasteiger charge is -2.29. The van der Waals surface area contributed by atoms with Crippen LogP contribution in [-0.2, 0) is 10.0 Å². The number of aromatic nitrogens is 1. The van der Waals surface area contributed by atoms with Crippen molar-refractivity contribution in [3.05, 3.63) is 123 Å². The summed E-state index contributed by atoms with van der Waals surface area (Å²) in [5.41, 5.74) is 0.510. The Kier molecular flexibility index (Phi) is 6.66. The summed E-state index contributed by atoms with van der Waals surface area (Å²) in [6.07, 6.45) is -5.13. The number of halogens is 5. The van der Waals surface area contributed by atoms with Crippen molar-refractivity contribution >= 4 is 39.0 Å². The lowest BCUT2D eigenvalue weighted by molar-refractivity contribution is -0.275. The van der Waals surface area contributed by atoms with E-state index in [0.29, 0.717) is 21.2 Å². The van der Waals surface area contributed by atoms with Crippen LogP contribution in [0.15, 0.2) is 101 Å². The molecule has 12 heteroatoms. The number of rotatable bonds is 5. The van der Waals surface area contributed by atoms with Gasteiger partial charge in [-0.2, -0.15) is 0 Å². The van der Waals surface area contributed by atoms with Crippen molar-refractivity contribution in [2.45, 2.75) is 23.3 Å². The number of ether oxygens (including phenoxy) is 1. The first-order valence-electron chi connectivity index (χ1n) is 11.1. The van der Waals surface area contributed by atoms with E-state index >= 15 is 0 Å². The fourth-order valence-corrected chi connectivity index (χ4v) is 6.59. The molecule has 5 rings (SSSR count). The van der Waals surface area contributed by atoms with Gasteiger partial charge in [-0.1, -0.05) is 65.7 Å². The van der Waals surface area contributed by atoms with Gasteiger partial charge in [0.05, 0.1) is 12.1 Å². The van der Waals surface area contributed by atoms with Gasteiger partial charge in [-0.15, -0.1) is 13.2 Å². The van der Waals surface area contributed by atoms with Gasteiger partial charge < -0.3 is 4.74 Å². The number of benzene rings is 3. The predicted octanol–water partition coefficient (Wildman–Crippen LogP) is 6.59. The second-order valence-corrected chi connectivity index (χ2v) is 11.0. The zero-order valence-corrected chi connectivity index (χ0v) is 21.5. The Morgan fingerprint density at radius 1 is 0.737 bits per heavy atom. The van der Waals surface area contributed by atoms with Crippen molar-refractivity contribution in [2.75, 3.05) is 4.31 Å². The molecule has 1 aromatic heterocycles. The molecule has 0 spiro atoms. The number of sulfonamides is 1. The first-order valence-corrected chi connectivity index (χ1v) is 13.3. The highest BCUT2D eigenvalue weighted by Gasteiger charge is 2.48. The quantitative estimate of drug-likeness (QED) is 0.267. The minimum absolute atomic E-state index is 0.0285. The van der Waals surface area contributed by atoms with Gasteiger partial charge in [0.1, 0.15) is 16.5 Å². The van der Waals surface area contributed by atoms with Crippen LogP contribution in [0.25, 0.3) is 0 Å². The lowest BCUT2D eigenvalue weighted by atomic mass is 9.94. The molecule has 4 aromatic rings. The van der Waals surface area contributed by atoms with Crippen LogP contribution in [0.1, 0.15) is 23.2 Å². The number of alkyl halides is 3. The largest absolute Gasteiger partial charge is 0.573 e. The molecule has 38 heavy (non-hydrogen) atoms. The van der Waals surface area contributed by atoms with E-state index in [1.807, 2.05) is 0 Å². The van der Waals surface area contributed by atoms with Crippen molar-refractivity contribution in [3.8, 4) is 5.75 Å². The molecular formula is C26H17Cl2F3N2O4S. The van der Waals surface area contributed by atoms with E-state index in [0.717, 1.165) is 16.4 Å². The molecule has 0 radical (unpaired) electrons. The topological polar surface area (TPSA) is 68.6 Å². The van der Waals surface area contributed by atoms with Crippen LogP contribution in [0.2, 0.25) is 10.0 Å². The molecule has 3 aromatic carbocycles. The molecule has 0 bridgehead atoms. The summed E-state index contributed by atoms with van der Waals surface area (Å²) in [5.74, 6) is -0.922. The zero-order chi connectivity index (χ0) is 27.2. The Balaban J connectivity index is 1.80. The maximum Gasteiger partial charge on any atom is 0.573 e. The Bertz CT molecular complexity index is 1660. The van der Waals surface area contributed by atoms with Crippen LogP contribution >= 0.6 is 23.2 Å². The molecule has 1 aliphatic heterocycles. The van der Waals surface area contributed by atoms with E-state index in [-0.39, 0.29) is 5.82 Å². The van der Waals surface area contributed by atoms with E-state index in [2.05, 4.69) is 4.74 Å². The normalized spacial score (nSPS) is 17.3. The highest BCUT2D eigenvalue weighted by molar-refractivity contribution is 7.93. The molecular weight excluding hydrogens is 564 g/mol. The summed E-state index contributed by atoms with van der Waals surface area (Å²) in [4.78, 5) is 12.5. The van der Waals surface area contributed by atoms with Crippen LogP contribution in [-0.4, -0.2) is 19.3 Å². The summed E-state index contributed by atoms with van der Waals surface area (Å²) in [5, 5.41) is 0.820. The predicted molar refractivity (Wildman–Crippen MR) is 137 cm³/mol. The van der Waals surface area contributed by atoms with Crippen molar-refractivity contribution in [2.24, 2.45) is 0 Å². The van der Waals surface area contributed by atoms with Gasteiger partial charge >= 0.3 is 6.36 Å². The van der Waals surface area contributed by atoms with E-state index < -0.39 is 44.7 Å². The highest BCUT2D eigenvalue weighted by atomic mass is 35.5. The average molecular weight is 581 g/mol. The summed E-state index contributed by atoms with van der Waals surface area (Å²) in [7, 11) is -4.74. The van der Waals surface area contributed by atoms with Crippen molar-refractivity contribution < 1.29 is 26.3 Å². The summed E-state index contributed by atoms with van der Waals surface area (Å²) < 4.78 is 74.3. The first-order chi connectivity index (χ1) is 18.0. The fourth-order valence-electron chi connectivity index (χ4n) is 4.58. The smallest absolute Gasteiger partial charge is 0.404 e. The molecule has 2 heterocycles. The Morgan fingerprint density at radius 2 is 1.29 bits per heavy atom. The number of hydrogen-bond acceptors (Lipinski definition) is 4.